The molecule has 12 heteroatoms. The third-order valence-corrected chi connectivity index (χ3v) is 8.39. The maximum atomic E-state index is 8.69. The highest BCUT2D eigenvalue weighted by molar-refractivity contribution is 6.27. The van der Waals surface area contributed by atoms with Gasteiger partial charge < -0.3 is 56.6 Å². The van der Waals surface area contributed by atoms with Gasteiger partial charge in [0.1, 0.15) is 34.7 Å². The van der Waals surface area contributed by atoms with Crippen LogP contribution in [0, 0.1) is 0 Å². The van der Waals surface area contributed by atoms with Crippen molar-refractivity contribution in [2.75, 3.05) is 113 Å². The van der Waals surface area contributed by atoms with Crippen LogP contribution in [0.1, 0.15) is 5.56 Å². The first-order valence-electron chi connectivity index (χ1n) is 17.8. The minimum Gasteiger partial charge on any atom is -0.491 e. The summed E-state index contributed by atoms with van der Waals surface area (Å²) in [5.74, 6) is 0.724. The van der Waals surface area contributed by atoms with E-state index in [1.165, 1.54) is 0 Å². The van der Waals surface area contributed by atoms with Crippen molar-refractivity contribution in [3.63, 3.8) is 0 Å². The van der Waals surface area contributed by atoms with Gasteiger partial charge in [0.25, 0.3) is 0 Å². The summed E-state index contributed by atoms with van der Waals surface area (Å²) in [4.78, 5) is 0. The van der Waals surface area contributed by atoms with E-state index in [2.05, 4.69) is 30.3 Å². The fourth-order valence-electron chi connectivity index (χ4n) is 5.98. The third kappa shape index (κ3) is 10.2. The van der Waals surface area contributed by atoms with E-state index in [1.54, 1.807) is 7.11 Å². The van der Waals surface area contributed by atoms with Crippen LogP contribution in [0.5, 0.6) is 5.75 Å². The Morgan fingerprint density at radius 1 is 0.442 bits per heavy atom. The number of hydrogen-bond donors (Lipinski definition) is 1. The van der Waals surface area contributed by atoms with Gasteiger partial charge in [-0.1, -0.05) is 12.1 Å². The quantitative estimate of drug-likeness (QED) is 0.0634. The van der Waals surface area contributed by atoms with Crippen LogP contribution in [0.25, 0.3) is 54.6 Å². The molecule has 0 unspecified atom stereocenters. The molecule has 0 aliphatic rings. The lowest BCUT2D eigenvalue weighted by atomic mass is 9.99. The number of fused-ring (bicyclic) bond motifs is 9. The number of aliphatic hydroxyl groups excluding tert-OH is 1. The largest absolute Gasteiger partial charge is 0.491 e. The van der Waals surface area contributed by atoms with Crippen LogP contribution >= 0.6 is 0 Å². The van der Waals surface area contributed by atoms with E-state index in [0.29, 0.717) is 106 Å². The van der Waals surface area contributed by atoms with Gasteiger partial charge in [0.05, 0.1) is 106 Å². The maximum Gasteiger partial charge on any atom is 0.139 e. The van der Waals surface area contributed by atoms with E-state index in [4.69, 9.17) is 56.6 Å². The van der Waals surface area contributed by atoms with Crippen LogP contribution in [-0.2, 0) is 44.5 Å². The minimum absolute atomic E-state index is 0.0176. The lowest BCUT2D eigenvalue weighted by molar-refractivity contribution is -0.00742. The maximum absolute atomic E-state index is 8.69. The van der Waals surface area contributed by atoms with Crippen molar-refractivity contribution in [2.45, 2.75) is 6.61 Å². The molecule has 0 atom stereocenters. The number of furan rings is 2. The van der Waals surface area contributed by atoms with Gasteiger partial charge in [0.15, 0.2) is 0 Å². The predicted molar refractivity (Wildman–Crippen MR) is 198 cm³/mol. The molecular formula is C40H48O12. The summed E-state index contributed by atoms with van der Waals surface area (Å²) in [6.07, 6.45) is 0. The Morgan fingerprint density at radius 3 is 1.46 bits per heavy atom. The van der Waals surface area contributed by atoms with Gasteiger partial charge in [-0.15, -0.1) is 0 Å². The highest BCUT2D eigenvalue weighted by Crippen LogP contribution is 2.41. The Labute approximate surface area is 302 Å². The Bertz CT molecular complexity index is 1820. The Morgan fingerprint density at radius 2 is 0.904 bits per heavy atom. The first kappa shape index (κ1) is 37.9. The van der Waals surface area contributed by atoms with E-state index in [-0.39, 0.29) is 6.61 Å². The van der Waals surface area contributed by atoms with E-state index in [1.807, 2.05) is 30.3 Å². The zero-order valence-electron chi connectivity index (χ0n) is 29.7. The molecule has 0 fully saturated rings. The summed E-state index contributed by atoms with van der Waals surface area (Å²) in [7, 11) is 1.65. The summed E-state index contributed by atoms with van der Waals surface area (Å²) in [6.45, 7) is 7.75. The van der Waals surface area contributed by atoms with Crippen molar-refractivity contribution in [2.24, 2.45) is 0 Å². The highest BCUT2D eigenvalue weighted by atomic mass is 16.6. The average Bonchev–Trinajstić information content (AvgIpc) is 3.73. The molecule has 1 N–H and O–H groups in total. The fraction of sp³-hybridized carbons (Fsp3) is 0.450. The number of ether oxygens (including phenoxy) is 9. The normalized spacial score (nSPS) is 12.0. The van der Waals surface area contributed by atoms with Crippen molar-refractivity contribution < 1.29 is 56.6 Å². The molecule has 0 radical (unpaired) electrons. The van der Waals surface area contributed by atoms with Crippen LogP contribution in [0.2, 0.25) is 0 Å². The fourth-order valence-corrected chi connectivity index (χ4v) is 5.98. The first-order valence-corrected chi connectivity index (χ1v) is 17.8. The van der Waals surface area contributed by atoms with Crippen LogP contribution in [-0.4, -0.2) is 118 Å². The van der Waals surface area contributed by atoms with E-state index < -0.39 is 0 Å². The van der Waals surface area contributed by atoms with Crippen LogP contribution in [0.15, 0.2) is 69.5 Å². The van der Waals surface area contributed by atoms with Gasteiger partial charge in [-0.2, -0.15) is 0 Å². The molecule has 0 aliphatic heterocycles. The van der Waals surface area contributed by atoms with Gasteiger partial charge >= 0.3 is 0 Å². The third-order valence-electron chi connectivity index (χ3n) is 8.39. The van der Waals surface area contributed by atoms with Crippen molar-refractivity contribution in [3.8, 4) is 5.75 Å². The summed E-state index contributed by atoms with van der Waals surface area (Å²) in [5, 5.41) is 15.1. The second-order valence-corrected chi connectivity index (χ2v) is 12.0. The molecule has 4 aromatic carbocycles. The molecule has 6 aromatic rings. The van der Waals surface area contributed by atoms with E-state index in [9.17, 15) is 0 Å². The molecule has 0 spiro atoms. The standard InChI is InChI=1S/C40H48O12/c1-42-12-13-44-16-17-46-20-21-48-24-25-50-30-3-5-34-38(27-30)52-36-9-7-31-32(40(34)36)6-8-35-39(31)33-4-2-29(26-37(33)51-35)28-49-23-22-47-19-18-45-15-14-43-11-10-41/h2-9,26-27,41H,10-25,28H2,1H3. The van der Waals surface area contributed by atoms with Gasteiger partial charge in [0.2, 0.25) is 0 Å². The van der Waals surface area contributed by atoms with Gasteiger partial charge in [-0.05, 0) is 58.8 Å². The number of methoxy groups -OCH3 is 1. The number of benzene rings is 4. The SMILES string of the molecule is COCCOCCOCCOCCOc1ccc2c(c1)oc1ccc3c(ccc4oc5cc(COCCOCCOCCOCCO)ccc5c43)c12. The first-order chi connectivity index (χ1) is 25.8. The van der Waals surface area contributed by atoms with Gasteiger partial charge in [-0.3, -0.25) is 0 Å². The highest BCUT2D eigenvalue weighted by Gasteiger charge is 2.16. The van der Waals surface area contributed by atoms with Crippen molar-refractivity contribution in [1.29, 1.82) is 0 Å². The monoisotopic (exact) mass is 720 g/mol. The van der Waals surface area contributed by atoms with Crippen molar-refractivity contribution >= 4 is 54.6 Å². The molecule has 12 nitrogen and oxygen atoms in total. The zero-order valence-corrected chi connectivity index (χ0v) is 29.7. The van der Waals surface area contributed by atoms with E-state index >= 15 is 0 Å². The van der Waals surface area contributed by atoms with Crippen LogP contribution in [0.4, 0.5) is 0 Å². The smallest absolute Gasteiger partial charge is 0.139 e. The Kier molecular flexibility index (Phi) is 14.9. The molecule has 280 valence electrons. The molecule has 0 bridgehead atoms. The number of rotatable bonds is 26. The second-order valence-electron chi connectivity index (χ2n) is 12.0. The summed E-state index contributed by atoms with van der Waals surface area (Å²) in [6, 6.07) is 20.5. The van der Waals surface area contributed by atoms with Crippen LogP contribution < -0.4 is 4.74 Å². The summed E-state index contributed by atoms with van der Waals surface area (Å²) >= 11 is 0. The van der Waals surface area contributed by atoms with Crippen LogP contribution in [0.3, 0.4) is 0 Å². The molecule has 52 heavy (non-hydrogen) atoms. The minimum atomic E-state index is 0.0176. The molecule has 2 aromatic heterocycles. The molecule has 6 rings (SSSR count). The summed E-state index contributed by atoms with van der Waals surface area (Å²) < 4.78 is 62.0. The Balaban J connectivity index is 1.01. The second kappa shape index (κ2) is 20.4. The molecule has 0 amide bonds. The van der Waals surface area contributed by atoms with Gasteiger partial charge in [-0.25, -0.2) is 0 Å². The summed E-state index contributed by atoms with van der Waals surface area (Å²) in [5.41, 5.74) is 4.26. The molecular weight excluding hydrogens is 672 g/mol. The molecule has 2 heterocycles. The lowest BCUT2D eigenvalue weighted by Crippen LogP contribution is -2.13. The zero-order chi connectivity index (χ0) is 35.8. The molecule has 0 saturated heterocycles. The van der Waals surface area contributed by atoms with Crippen molar-refractivity contribution in [3.05, 3.63) is 66.2 Å². The van der Waals surface area contributed by atoms with Crippen molar-refractivity contribution in [1.82, 2.24) is 0 Å². The lowest BCUT2D eigenvalue weighted by Gasteiger charge is -2.08. The molecule has 0 aliphatic carbocycles. The van der Waals surface area contributed by atoms with E-state index in [0.717, 1.165) is 66.0 Å². The molecule has 0 saturated carbocycles. The van der Waals surface area contributed by atoms with Gasteiger partial charge in [0, 0.05) is 34.7 Å². The average molecular weight is 721 g/mol. The number of aliphatic hydroxyl groups is 1. The topological polar surface area (TPSA) is 130 Å². The Hall–Kier alpha value is -3.82. The number of hydrogen-bond acceptors (Lipinski definition) is 12. The predicted octanol–water partition coefficient (Wildman–Crippen LogP) is 6.27.